The third-order valence-corrected chi connectivity index (χ3v) is 2.53. The zero-order valence-corrected chi connectivity index (χ0v) is 12.5. The number of benzene rings is 2. The summed E-state index contributed by atoms with van der Waals surface area (Å²) in [6, 6.07) is 18.7. The van der Waals surface area contributed by atoms with Crippen molar-refractivity contribution in [2.45, 2.75) is 13.2 Å². The monoisotopic (exact) mass is 321 g/mol. The molecule has 2 N–H and O–H groups in total. The van der Waals surface area contributed by atoms with Crippen molar-refractivity contribution in [3.05, 3.63) is 71.8 Å². The summed E-state index contributed by atoms with van der Waals surface area (Å²) in [4.78, 5) is 20.3. The normalized spacial score (nSPS) is 9.14. The van der Waals surface area contributed by atoms with Gasteiger partial charge in [-0.25, -0.2) is 9.59 Å². The quantitative estimate of drug-likeness (QED) is 0.868. The number of primary amides is 1. The highest BCUT2D eigenvalue weighted by Gasteiger charge is 1.95. The molecule has 0 aromatic heterocycles. The number of ether oxygens (including phenoxy) is 2. The average Bonchev–Trinajstić information content (AvgIpc) is 2.53. The fraction of sp³-hybridized carbons (Fsp3) is 0.125. The number of halogens is 1. The van der Waals surface area contributed by atoms with Gasteiger partial charge in [-0.05, 0) is 11.1 Å². The molecule has 0 bridgehead atoms. The summed E-state index contributed by atoms with van der Waals surface area (Å²) in [5, 5.41) is 0. The summed E-state index contributed by atoms with van der Waals surface area (Å²) in [6.07, 6.45) is -0.742. The predicted molar refractivity (Wildman–Crippen MR) is 83.3 cm³/mol. The molecule has 1 amide bonds. The van der Waals surface area contributed by atoms with Crippen LogP contribution in [0, 0.1) is 0 Å². The molecule has 0 spiro atoms. The Balaban J connectivity index is 0.000000220. The Morgan fingerprint density at radius 3 is 1.59 bits per heavy atom. The molecule has 2 aromatic carbocycles. The van der Waals surface area contributed by atoms with Crippen LogP contribution in [0.25, 0.3) is 0 Å². The standard InChI is InChI=1S/C8H7ClO2.C8H9NO2/c2*9-8(10)11-6-7-4-2-1-3-5-7/h1-5H,6H2;1-5H,6H2,(H2,9,10). The summed E-state index contributed by atoms with van der Waals surface area (Å²) in [5.41, 5.74) is 5.88. The van der Waals surface area contributed by atoms with Crippen LogP contribution in [0.15, 0.2) is 60.7 Å². The molecule has 0 heterocycles. The van der Waals surface area contributed by atoms with Crippen LogP contribution in [0.4, 0.5) is 9.59 Å². The molecule has 0 atom stereocenters. The summed E-state index contributed by atoms with van der Waals surface area (Å²) in [5.74, 6) is 0. The summed E-state index contributed by atoms with van der Waals surface area (Å²) in [7, 11) is 0. The third-order valence-electron chi connectivity index (χ3n) is 2.42. The Morgan fingerprint density at radius 2 is 1.23 bits per heavy atom. The van der Waals surface area contributed by atoms with Gasteiger partial charge in [0.15, 0.2) is 0 Å². The van der Waals surface area contributed by atoms with Gasteiger partial charge in [0, 0.05) is 11.6 Å². The highest BCUT2D eigenvalue weighted by Crippen LogP contribution is 2.01. The van der Waals surface area contributed by atoms with Gasteiger partial charge in [-0.3, -0.25) is 0 Å². The number of hydrogen-bond donors (Lipinski definition) is 1. The SMILES string of the molecule is NC(=O)OCc1ccccc1.O=C(Cl)OCc1ccccc1. The molecule has 0 aliphatic carbocycles. The first kappa shape index (κ1) is 17.5. The number of rotatable bonds is 4. The first-order valence-electron chi connectivity index (χ1n) is 6.40. The maximum Gasteiger partial charge on any atom is 0.404 e. The van der Waals surface area contributed by atoms with E-state index in [1.165, 1.54) is 0 Å². The summed E-state index contributed by atoms with van der Waals surface area (Å²) < 4.78 is 9.12. The Labute approximate surface area is 133 Å². The van der Waals surface area contributed by atoms with Crippen molar-refractivity contribution in [1.82, 2.24) is 0 Å². The Bertz CT molecular complexity index is 522. The van der Waals surface area contributed by atoms with E-state index in [1.54, 1.807) is 0 Å². The van der Waals surface area contributed by atoms with Crippen molar-refractivity contribution in [2.75, 3.05) is 0 Å². The Kier molecular flexibility index (Phi) is 8.15. The molecule has 0 fully saturated rings. The van der Waals surface area contributed by atoms with Crippen molar-refractivity contribution in [3.8, 4) is 0 Å². The molecule has 2 rings (SSSR count). The predicted octanol–water partition coefficient (Wildman–Crippen LogP) is 3.84. The van der Waals surface area contributed by atoms with Crippen molar-refractivity contribution in [2.24, 2.45) is 5.73 Å². The molecule has 116 valence electrons. The highest BCUT2D eigenvalue weighted by molar-refractivity contribution is 6.61. The van der Waals surface area contributed by atoms with Gasteiger partial charge < -0.3 is 15.2 Å². The number of nitrogens with two attached hydrogens (primary N) is 1. The first-order chi connectivity index (χ1) is 10.6. The molecule has 0 aliphatic heterocycles. The van der Waals surface area contributed by atoms with Gasteiger partial charge >= 0.3 is 11.5 Å². The van der Waals surface area contributed by atoms with E-state index in [4.69, 9.17) is 17.3 Å². The number of amides is 1. The minimum atomic E-state index is -0.770. The van der Waals surface area contributed by atoms with Crippen molar-refractivity contribution in [1.29, 1.82) is 0 Å². The van der Waals surface area contributed by atoms with Crippen LogP contribution in [-0.2, 0) is 22.7 Å². The maximum atomic E-state index is 10.2. The molecule has 0 aliphatic rings. The van der Waals surface area contributed by atoms with E-state index in [1.807, 2.05) is 60.7 Å². The van der Waals surface area contributed by atoms with Crippen molar-refractivity contribution < 1.29 is 19.1 Å². The summed E-state index contributed by atoms with van der Waals surface area (Å²) in [6.45, 7) is 0.485. The molecule has 2 aromatic rings. The zero-order valence-electron chi connectivity index (χ0n) is 11.8. The fourth-order valence-electron chi connectivity index (χ4n) is 1.44. The topological polar surface area (TPSA) is 78.6 Å². The molecule has 6 heteroatoms. The van der Waals surface area contributed by atoms with Gasteiger partial charge in [0.1, 0.15) is 13.2 Å². The Morgan fingerprint density at radius 1 is 0.818 bits per heavy atom. The van der Waals surface area contributed by atoms with Crippen LogP contribution in [0.3, 0.4) is 0 Å². The molecular formula is C16H16ClNO4. The van der Waals surface area contributed by atoms with E-state index in [9.17, 15) is 9.59 Å². The van der Waals surface area contributed by atoms with Crippen molar-refractivity contribution >= 4 is 23.1 Å². The van der Waals surface area contributed by atoms with E-state index in [-0.39, 0.29) is 13.2 Å². The van der Waals surface area contributed by atoms with E-state index in [2.05, 4.69) is 9.47 Å². The smallest absolute Gasteiger partial charge is 0.404 e. The van der Waals surface area contributed by atoms with Crippen LogP contribution >= 0.6 is 11.6 Å². The number of hydrogen-bond acceptors (Lipinski definition) is 4. The van der Waals surface area contributed by atoms with Crippen LogP contribution in [0.1, 0.15) is 11.1 Å². The lowest BCUT2D eigenvalue weighted by atomic mass is 10.2. The highest BCUT2D eigenvalue weighted by atomic mass is 35.5. The molecule has 22 heavy (non-hydrogen) atoms. The molecule has 0 unspecified atom stereocenters. The van der Waals surface area contributed by atoms with Gasteiger partial charge in [0.05, 0.1) is 0 Å². The van der Waals surface area contributed by atoms with Crippen LogP contribution in [0.5, 0.6) is 0 Å². The molecule has 0 saturated carbocycles. The molecular weight excluding hydrogens is 306 g/mol. The van der Waals surface area contributed by atoms with Crippen LogP contribution < -0.4 is 5.73 Å². The molecule has 0 saturated heterocycles. The van der Waals surface area contributed by atoms with E-state index in [0.717, 1.165) is 11.1 Å². The lowest BCUT2D eigenvalue weighted by molar-refractivity contribution is 0.150. The van der Waals surface area contributed by atoms with Gasteiger partial charge in [-0.15, -0.1) is 0 Å². The number of carbonyl (C=O) groups excluding carboxylic acids is 2. The minimum Gasteiger partial charge on any atom is -0.449 e. The Hall–Kier alpha value is -2.53. The molecule has 0 radical (unpaired) electrons. The molecule has 5 nitrogen and oxygen atoms in total. The van der Waals surface area contributed by atoms with Gasteiger partial charge in [-0.1, -0.05) is 60.7 Å². The van der Waals surface area contributed by atoms with Crippen LogP contribution in [0.2, 0.25) is 0 Å². The second kappa shape index (κ2) is 10.2. The third kappa shape index (κ3) is 8.60. The maximum absolute atomic E-state index is 10.2. The van der Waals surface area contributed by atoms with E-state index in [0.29, 0.717) is 0 Å². The van der Waals surface area contributed by atoms with E-state index < -0.39 is 11.5 Å². The van der Waals surface area contributed by atoms with Crippen LogP contribution in [-0.4, -0.2) is 11.5 Å². The second-order valence-electron chi connectivity index (χ2n) is 4.11. The first-order valence-corrected chi connectivity index (χ1v) is 6.78. The largest absolute Gasteiger partial charge is 0.449 e. The lowest BCUT2D eigenvalue weighted by Crippen LogP contribution is -2.12. The average molecular weight is 322 g/mol. The van der Waals surface area contributed by atoms with Gasteiger partial charge in [0.2, 0.25) is 0 Å². The zero-order chi connectivity index (χ0) is 16.2. The van der Waals surface area contributed by atoms with Gasteiger partial charge in [-0.2, -0.15) is 0 Å². The van der Waals surface area contributed by atoms with Crippen molar-refractivity contribution in [3.63, 3.8) is 0 Å². The fourth-order valence-corrected chi connectivity index (χ4v) is 1.50. The lowest BCUT2D eigenvalue weighted by Gasteiger charge is -1.99. The van der Waals surface area contributed by atoms with E-state index >= 15 is 0 Å². The number of carbonyl (C=O) groups is 2. The van der Waals surface area contributed by atoms with Gasteiger partial charge in [0.25, 0.3) is 0 Å². The summed E-state index contributed by atoms with van der Waals surface area (Å²) >= 11 is 4.97. The second-order valence-corrected chi connectivity index (χ2v) is 4.41. The minimum absolute atomic E-state index is 0.239.